The number of carbonyl (C=O) groups excluding carboxylic acids is 1. The lowest BCUT2D eigenvalue weighted by Crippen LogP contribution is -2.47. The highest BCUT2D eigenvalue weighted by Crippen LogP contribution is 2.25. The van der Waals surface area contributed by atoms with Crippen LogP contribution in [0.5, 0.6) is 5.75 Å². The van der Waals surface area contributed by atoms with Crippen molar-refractivity contribution in [3.63, 3.8) is 0 Å². The van der Waals surface area contributed by atoms with Crippen LogP contribution in [0.2, 0.25) is 0 Å². The summed E-state index contributed by atoms with van der Waals surface area (Å²) in [5.74, 6) is 1.99. The zero-order valence-corrected chi connectivity index (χ0v) is 18.4. The third-order valence-corrected chi connectivity index (χ3v) is 5.82. The summed E-state index contributed by atoms with van der Waals surface area (Å²) in [6.07, 6.45) is 5.28. The summed E-state index contributed by atoms with van der Waals surface area (Å²) in [6.45, 7) is 2.32. The van der Waals surface area contributed by atoms with Crippen molar-refractivity contribution in [2.75, 3.05) is 44.0 Å². The Kier molecular flexibility index (Phi) is 5.57. The highest BCUT2D eigenvalue weighted by Gasteiger charge is 2.30. The number of benzene rings is 1. The molecule has 0 unspecified atom stereocenters. The molecule has 1 fully saturated rings. The highest BCUT2D eigenvalue weighted by atomic mass is 16.5. The number of hydrogen-bond acceptors (Lipinski definition) is 8. The zero-order chi connectivity index (χ0) is 22.8. The molecule has 5 rings (SSSR count). The average Bonchev–Trinajstić information content (AvgIpc) is 3.28. The van der Waals surface area contributed by atoms with Gasteiger partial charge in [-0.3, -0.25) is 14.1 Å². The molecule has 33 heavy (non-hydrogen) atoms. The van der Waals surface area contributed by atoms with Crippen LogP contribution >= 0.6 is 0 Å². The number of aromatic nitrogens is 5. The molecule has 1 aromatic carbocycles. The predicted octanol–water partition coefficient (Wildman–Crippen LogP) is 2.27. The fraction of sp³-hybridized carbons (Fsp3) is 0.261. The number of nitrogens with zero attached hydrogens (tertiary/aromatic N) is 7. The summed E-state index contributed by atoms with van der Waals surface area (Å²) in [5.41, 5.74) is 1.89. The van der Waals surface area contributed by atoms with Crippen LogP contribution in [0.25, 0.3) is 5.65 Å². The Morgan fingerprint density at radius 2 is 1.85 bits per heavy atom. The van der Waals surface area contributed by atoms with E-state index in [1.807, 2.05) is 10.5 Å². The van der Waals surface area contributed by atoms with Gasteiger partial charge in [-0.2, -0.15) is 0 Å². The summed E-state index contributed by atoms with van der Waals surface area (Å²) in [7, 11) is 3.67. The summed E-state index contributed by atoms with van der Waals surface area (Å²) < 4.78 is 7.06. The number of pyridine rings is 1. The Morgan fingerprint density at radius 3 is 2.61 bits per heavy atom. The number of rotatable bonds is 5. The number of likely N-dealkylation sites (N-methyl/N-ethyl adjacent to an activating group) is 1. The number of piperazine rings is 1. The fourth-order valence-electron chi connectivity index (χ4n) is 3.94. The summed E-state index contributed by atoms with van der Waals surface area (Å²) >= 11 is 0. The van der Waals surface area contributed by atoms with Gasteiger partial charge in [0.15, 0.2) is 11.5 Å². The van der Waals surface area contributed by atoms with Crippen molar-refractivity contribution in [1.29, 1.82) is 0 Å². The van der Waals surface area contributed by atoms with Gasteiger partial charge in [-0.15, -0.1) is 10.2 Å². The third-order valence-electron chi connectivity index (χ3n) is 5.82. The lowest BCUT2D eigenvalue weighted by molar-refractivity contribution is 0.102. The number of amides is 1. The molecule has 0 saturated carbocycles. The Balaban J connectivity index is 1.41. The minimum Gasteiger partial charge on any atom is -0.497 e. The number of carbonyl (C=O) groups is 1. The molecule has 1 atom stereocenters. The van der Waals surface area contributed by atoms with Crippen LogP contribution in [0.1, 0.15) is 22.2 Å². The van der Waals surface area contributed by atoms with E-state index in [2.05, 4.69) is 42.3 Å². The molecule has 0 radical (unpaired) electrons. The van der Waals surface area contributed by atoms with Crippen molar-refractivity contribution < 1.29 is 9.53 Å². The van der Waals surface area contributed by atoms with Crippen molar-refractivity contribution in [1.82, 2.24) is 29.5 Å². The van der Waals surface area contributed by atoms with Gasteiger partial charge in [0.1, 0.15) is 5.75 Å². The van der Waals surface area contributed by atoms with Crippen LogP contribution < -0.4 is 15.0 Å². The Morgan fingerprint density at radius 1 is 1.06 bits per heavy atom. The summed E-state index contributed by atoms with van der Waals surface area (Å²) in [4.78, 5) is 26.0. The van der Waals surface area contributed by atoms with Gasteiger partial charge in [0, 0.05) is 43.9 Å². The number of fused-ring (bicyclic) bond motifs is 1. The van der Waals surface area contributed by atoms with Gasteiger partial charge in [-0.1, -0.05) is 0 Å². The third kappa shape index (κ3) is 4.20. The molecule has 0 aliphatic carbocycles. The van der Waals surface area contributed by atoms with Crippen LogP contribution in [0, 0.1) is 0 Å². The molecule has 168 valence electrons. The van der Waals surface area contributed by atoms with E-state index in [4.69, 9.17) is 4.74 Å². The van der Waals surface area contributed by atoms with E-state index < -0.39 is 0 Å². The Hall–Kier alpha value is -4.05. The molecule has 10 heteroatoms. The normalized spacial score (nSPS) is 16.7. The molecule has 4 aromatic rings. The average molecular weight is 444 g/mol. The van der Waals surface area contributed by atoms with E-state index in [1.165, 1.54) is 0 Å². The van der Waals surface area contributed by atoms with Gasteiger partial charge in [-0.25, -0.2) is 9.97 Å². The summed E-state index contributed by atoms with van der Waals surface area (Å²) in [6, 6.07) is 12.5. The SMILES string of the molecule is COc1ccc(NC(=O)c2ccc3nnc([C@@H]4CN(c5ncccn5)CCN4C)n3c2)cc1. The molecular formula is C23H24N8O2. The van der Waals surface area contributed by atoms with Crippen LogP contribution in [-0.4, -0.2) is 69.2 Å². The predicted molar refractivity (Wildman–Crippen MR) is 124 cm³/mol. The highest BCUT2D eigenvalue weighted by molar-refractivity contribution is 6.04. The van der Waals surface area contributed by atoms with Gasteiger partial charge in [0.2, 0.25) is 5.95 Å². The lowest BCUT2D eigenvalue weighted by Gasteiger charge is -2.38. The van der Waals surface area contributed by atoms with Crippen LogP contribution in [0.15, 0.2) is 61.1 Å². The topological polar surface area (TPSA) is 101 Å². The largest absolute Gasteiger partial charge is 0.497 e. The molecule has 1 amide bonds. The number of methoxy groups -OCH3 is 1. The maximum Gasteiger partial charge on any atom is 0.257 e. The summed E-state index contributed by atoms with van der Waals surface area (Å²) in [5, 5.41) is 11.7. The minimum atomic E-state index is -0.210. The van der Waals surface area contributed by atoms with Gasteiger partial charge < -0.3 is 15.0 Å². The number of anilines is 2. The van der Waals surface area contributed by atoms with Gasteiger partial charge in [0.05, 0.1) is 18.7 Å². The van der Waals surface area contributed by atoms with E-state index in [9.17, 15) is 4.79 Å². The van der Waals surface area contributed by atoms with Crippen LogP contribution in [-0.2, 0) is 0 Å². The van der Waals surface area contributed by atoms with E-state index in [0.717, 1.165) is 24.7 Å². The maximum atomic E-state index is 12.9. The first kappa shape index (κ1) is 20.8. The van der Waals surface area contributed by atoms with Gasteiger partial charge in [0.25, 0.3) is 5.91 Å². The first-order chi connectivity index (χ1) is 16.1. The molecule has 0 bridgehead atoms. The lowest BCUT2D eigenvalue weighted by atomic mass is 10.1. The molecule has 0 spiro atoms. The van der Waals surface area contributed by atoms with Gasteiger partial charge >= 0.3 is 0 Å². The molecule has 1 N–H and O–H groups in total. The Labute approximate surface area is 190 Å². The molecule has 10 nitrogen and oxygen atoms in total. The standard InChI is InChI=1S/C23H24N8O2/c1-29-12-13-30(23-24-10-3-11-25-23)15-19(29)21-28-27-20-9-4-16(14-31(20)21)22(32)26-17-5-7-18(33-2)8-6-17/h3-11,14,19H,12-13,15H2,1-2H3,(H,26,32)/t19-/m0/s1. The van der Waals surface area contributed by atoms with E-state index in [-0.39, 0.29) is 11.9 Å². The first-order valence-corrected chi connectivity index (χ1v) is 10.6. The van der Waals surface area contributed by atoms with Gasteiger partial charge in [-0.05, 0) is 49.5 Å². The van der Waals surface area contributed by atoms with Crippen molar-refractivity contribution in [2.24, 2.45) is 0 Å². The quantitative estimate of drug-likeness (QED) is 0.500. The molecule has 1 aliphatic heterocycles. The second-order valence-corrected chi connectivity index (χ2v) is 7.88. The zero-order valence-electron chi connectivity index (χ0n) is 18.4. The second kappa shape index (κ2) is 8.83. The smallest absolute Gasteiger partial charge is 0.257 e. The van der Waals surface area contributed by atoms with Crippen LogP contribution in [0.3, 0.4) is 0 Å². The fourth-order valence-corrected chi connectivity index (χ4v) is 3.94. The maximum absolute atomic E-state index is 12.9. The molecular weight excluding hydrogens is 420 g/mol. The number of ether oxygens (including phenoxy) is 1. The minimum absolute atomic E-state index is 0.0301. The van der Waals surface area contributed by atoms with E-state index in [1.54, 1.807) is 62.1 Å². The monoisotopic (exact) mass is 444 g/mol. The molecule has 3 aromatic heterocycles. The first-order valence-electron chi connectivity index (χ1n) is 10.6. The van der Waals surface area contributed by atoms with Crippen molar-refractivity contribution >= 4 is 23.2 Å². The van der Waals surface area contributed by atoms with Crippen molar-refractivity contribution in [2.45, 2.75) is 6.04 Å². The number of hydrogen-bond donors (Lipinski definition) is 1. The molecule has 1 saturated heterocycles. The number of nitrogens with one attached hydrogen (secondary N) is 1. The second-order valence-electron chi connectivity index (χ2n) is 7.88. The van der Waals surface area contributed by atoms with Crippen molar-refractivity contribution in [3.05, 3.63) is 72.4 Å². The van der Waals surface area contributed by atoms with Crippen molar-refractivity contribution in [3.8, 4) is 5.75 Å². The van der Waals surface area contributed by atoms with E-state index >= 15 is 0 Å². The Bertz CT molecular complexity index is 1260. The van der Waals surface area contributed by atoms with E-state index in [0.29, 0.717) is 29.4 Å². The van der Waals surface area contributed by atoms with Crippen LogP contribution in [0.4, 0.5) is 11.6 Å². The molecule has 4 heterocycles. The molecule has 1 aliphatic rings.